The lowest BCUT2D eigenvalue weighted by atomic mass is 10.3. The van der Waals surface area contributed by atoms with Gasteiger partial charge in [0.2, 0.25) is 5.88 Å². The summed E-state index contributed by atoms with van der Waals surface area (Å²) in [6.45, 7) is 2.34. The Kier molecular flexibility index (Phi) is 3.76. The third kappa shape index (κ3) is 2.82. The summed E-state index contributed by atoms with van der Waals surface area (Å²) in [6, 6.07) is 0. The van der Waals surface area contributed by atoms with Crippen LogP contribution in [0.1, 0.15) is 13.9 Å². The molecule has 0 saturated heterocycles. The van der Waals surface area contributed by atoms with Crippen molar-refractivity contribution in [2.75, 3.05) is 6.61 Å². The molecule has 0 bridgehead atoms. The van der Waals surface area contributed by atoms with Gasteiger partial charge in [-0.05, 0) is 17.4 Å². The average molecular weight is 339 g/mol. The molecule has 23 heavy (non-hydrogen) atoms. The van der Waals surface area contributed by atoms with Crippen molar-refractivity contribution in [2.24, 2.45) is 14.1 Å². The van der Waals surface area contributed by atoms with Gasteiger partial charge in [0, 0.05) is 25.6 Å². The molecule has 3 aromatic heterocycles. The first-order chi connectivity index (χ1) is 11.5. The fourth-order valence-electron chi connectivity index (χ4n) is 1.98. The Hall–Kier alpha value is -2.69. The normalized spacial score (nSPS) is 11.5. The van der Waals surface area contributed by atoms with E-state index in [0.29, 0.717) is 23.2 Å². The van der Waals surface area contributed by atoms with Gasteiger partial charge in [-0.2, -0.15) is 4.68 Å². The van der Waals surface area contributed by atoms with Crippen LogP contribution in [0.2, 0.25) is 0 Å². The Morgan fingerprint density at radius 1 is 1.30 bits per heavy atom. The van der Waals surface area contributed by atoms with E-state index in [1.54, 1.807) is 12.4 Å². The highest BCUT2D eigenvalue weighted by Gasteiger charge is 2.23. The van der Waals surface area contributed by atoms with Gasteiger partial charge in [0.25, 0.3) is 5.19 Å². The second kappa shape index (κ2) is 6.20. The van der Waals surface area contributed by atoms with Crippen molar-refractivity contribution < 1.29 is 10.8 Å². The van der Waals surface area contributed by atoms with Gasteiger partial charge in [-0.3, -0.25) is 0 Å². The monoisotopic (exact) mass is 339 g/mol. The molecule has 3 rings (SSSR count). The lowest BCUT2D eigenvalue weighted by Gasteiger charge is -2.07. The second-order valence-electron chi connectivity index (χ2n) is 4.49. The van der Waals surface area contributed by atoms with Crippen molar-refractivity contribution in [3.63, 3.8) is 0 Å². The van der Waals surface area contributed by atoms with Crippen molar-refractivity contribution in [2.45, 2.75) is 13.5 Å². The van der Waals surface area contributed by atoms with Gasteiger partial charge in [-0.25, -0.2) is 14.5 Å². The number of hydrogen-bond acceptors (Lipinski definition) is 8. The zero-order valence-corrected chi connectivity index (χ0v) is 13.6. The molecule has 3 aromatic rings. The van der Waals surface area contributed by atoms with Crippen LogP contribution in [0.4, 0.5) is 0 Å². The molecule has 0 fully saturated rings. The van der Waals surface area contributed by atoms with Crippen LogP contribution in [-0.2, 0) is 20.7 Å². The number of tetrazole rings is 1. The maximum Gasteiger partial charge on any atom is 0.369 e. The third-order valence-corrected chi connectivity index (χ3v) is 3.61. The van der Waals surface area contributed by atoms with Crippen LogP contribution in [0.15, 0.2) is 16.3 Å². The van der Waals surface area contributed by atoms with Crippen LogP contribution in [-0.4, -0.2) is 41.2 Å². The lowest BCUT2D eigenvalue weighted by Crippen LogP contribution is -2.23. The molecule has 0 N–H and O–H groups in total. The SMILES string of the molecule is [3H]c1csc(OCc2c(-n3nnn(C)c3=O)nn(C)c2OCC)n1. The average Bonchev–Trinajstić information content (AvgIpc) is 3.19. The van der Waals surface area contributed by atoms with Crippen molar-refractivity contribution in [3.8, 4) is 16.9 Å². The number of aryl methyl sites for hydroxylation is 2. The van der Waals surface area contributed by atoms with E-state index in [1.807, 2.05) is 6.92 Å². The number of nitrogens with zero attached hydrogens (tertiary/aromatic N) is 7. The summed E-state index contributed by atoms with van der Waals surface area (Å²) in [5.41, 5.74) is 0.115. The summed E-state index contributed by atoms with van der Waals surface area (Å²) in [7, 11) is 3.20. The predicted octanol–water partition coefficient (Wildman–Crippen LogP) is 0.134. The largest absolute Gasteiger partial charge is 0.478 e. The first-order valence-corrected chi connectivity index (χ1v) is 7.62. The first kappa shape index (κ1) is 13.9. The van der Waals surface area contributed by atoms with Gasteiger partial charge in [0.1, 0.15) is 6.61 Å². The van der Waals surface area contributed by atoms with Gasteiger partial charge >= 0.3 is 5.69 Å². The molecule has 0 unspecified atom stereocenters. The van der Waals surface area contributed by atoms with Crippen LogP contribution >= 0.6 is 11.3 Å². The van der Waals surface area contributed by atoms with E-state index >= 15 is 0 Å². The van der Waals surface area contributed by atoms with Crippen molar-refractivity contribution in [3.05, 3.63) is 27.6 Å². The van der Waals surface area contributed by atoms with Gasteiger partial charge in [0.05, 0.1) is 13.5 Å². The molecule has 0 aliphatic carbocycles. The van der Waals surface area contributed by atoms with E-state index < -0.39 is 5.69 Å². The highest BCUT2D eigenvalue weighted by Crippen LogP contribution is 2.26. The molecular formula is C12H15N7O3S. The van der Waals surface area contributed by atoms with E-state index in [0.717, 1.165) is 9.36 Å². The second-order valence-corrected chi connectivity index (χ2v) is 5.31. The predicted molar refractivity (Wildman–Crippen MR) is 81.0 cm³/mol. The molecule has 0 aromatic carbocycles. The Labute approximate surface area is 136 Å². The molecule has 0 radical (unpaired) electrons. The Morgan fingerprint density at radius 3 is 2.74 bits per heavy atom. The Balaban J connectivity index is 2.00. The molecule has 0 saturated carbocycles. The molecule has 0 atom stereocenters. The summed E-state index contributed by atoms with van der Waals surface area (Å²) >= 11 is 1.21. The number of ether oxygens (including phenoxy) is 2. The summed E-state index contributed by atoms with van der Waals surface area (Å²) in [5.74, 6) is 0.745. The zero-order chi connectivity index (χ0) is 17.3. The lowest BCUT2D eigenvalue weighted by molar-refractivity contribution is 0.274. The van der Waals surface area contributed by atoms with E-state index in [1.165, 1.54) is 23.1 Å². The molecule has 0 spiro atoms. The summed E-state index contributed by atoms with van der Waals surface area (Å²) in [6.07, 6.45) is 0.136. The van der Waals surface area contributed by atoms with E-state index in [-0.39, 0.29) is 18.6 Å². The molecule has 0 amide bonds. The first-order valence-electron chi connectivity index (χ1n) is 7.24. The molecule has 11 heteroatoms. The zero-order valence-electron chi connectivity index (χ0n) is 13.8. The number of thiazole rings is 1. The molecular weight excluding hydrogens is 322 g/mol. The quantitative estimate of drug-likeness (QED) is 0.629. The minimum Gasteiger partial charge on any atom is -0.478 e. The Morgan fingerprint density at radius 2 is 2.13 bits per heavy atom. The van der Waals surface area contributed by atoms with Gasteiger partial charge < -0.3 is 9.47 Å². The minimum absolute atomic E-state index is 0.0640. The topological polar surface area (TPSA) is 102 Å². The summed E-state index contributed by atoms with van der Waals surface area (Å²) in [4.78, 5) is 16.0. The molecule has 122 valence electrons. The number of hydrogen-bond donors (Lipinski definition) is 0. The Bertz CT molecular complexity index is 912. The van der Waals surface area contributed by atoms with Crippen molar-refractivity contribution >= 4 is 11.3 Å². The molecule has 3 heterocycles. The standard InChI is InChI=1S/C12H15N7O3S/c1-4-21-10-8(7-22-11-13-5-6-23-11)9(14-17(10)2)19-12(20)18(3)15-16-19/h5-6H,4,7H2,1-3H3/i5T. The minimum atomic E-state index is -0.430. The number of aromatic nitrogens is 7. The van der Waals surface area contributed by atoms with Crippen LogP contribution < -0.4 is 15.2 Å². The third-order valence-electron chi connectivity index (χ3n) is 2.98. The van der Waals surface area contributed by atoms with Crippen LogP contribution in [0.3, 0.4) is 0 Å². The molecule has 10 nitrogen and oxygen atoms in total. The van der Waals surface area contributed by atoms with Gasteiger partial charge in [-0.1, -0.05) is 11.3 Å². The smallest absolute Gasteiger partial charge is 0.369 e. The highest BCUT2D eigenvalue weighted by atomic mass is 32.1. The van der Waals surface area contributed by atoms with Crippen LogP contribution in [0.25, 0.3) is 5.82 Å². The van der Waals surface area contributed by atoms with E-state index in [9.17, 15) is 4.79 Å². The van der Waals surface area contributed by atoms with Crippen LogP contribution in [0.5, 0.6) is 11.1 Å². The molecule has 0 aliphatic heterocycles. The van der Waals surface area contributed by atoms with E-state index in [2.05, 4.69) is 20.5 Å². The van der Waals surface area contributed by atoms with Crippen molar-refractivity contribution in [1.29, 1.82) is 0 Å². The van der Waals surface area contributed by atoms with Crippen molar-refractivity contribution in [1.82, 2.24) is 34.6 Å². The van der Waals surface area contributed by atoms with Gasteiger partial charge in [-0.15, -0.1) is 9.78 Å². The fraction of sp³-hybridized carbons (Fsp3) is 0.417. The summed E-state index contributed by atoms with van der Waals surface area (Å²) < 4.78 is 22.3. The highest BCUT2D eigenvalue weighted by molar-refractivity contribution is 7.11. The maximum absolute atomic E-state index is 12.1. The van der Waals surface area contributed by atoms with Crippen LogP contribution in [0, 0.1) is 0 Å². The fourth-order valence-corrected chi connectivity index (χ4v) is 2.42. The summed E-state index contributed by atoms with van der Waals surface area (Å²) in [5, 5.41) is 13.7. The number of rotatable bonds is 6. The molecule has 0 aliphatic rings. The van der Waals surface area contributed by atoms with Gasteiger partial charge in [0.15, 0.2) is 5.82 Å². The van der Waals surface area contributed by atoms with E-state index in [4.69, 9.17) is 10.8 Å². The maximum atomic E-state index is 12.1.